The van der Waals surface area contributed by atoms with Crippen LogP contribution in [0.2, 0.25) is 0 Å². The number of carbonyl (C=O) groups excluding carboxylic acids is 1. The lowest BCUT2D eigenvalue weighted by Crippen LogP contribution is -2.35. The first-order valence-electron chi connectivity index (χ1n) is 7.46. The number of carbonyl (C=O) groups is 1. The maximum atomic E-state index is 12.2. The first-order valence-corrected chi connectivity index (χ1v) is 7.46. The quantitative estimate of drug-likeness (QED) is 0.469. The van der Waals surface area contributed by atoms with E-state index < -0.39 is 5.54 Å². The molecule has 0 saturated carbocycles. The summed E-state index contributed by atoms with van der Waals surface area (Å²) in [5.41, 5.74) is 9.54. The van der Waals surface area contributed by atoms with E-state index in [1.807, 2.05) is 19.1 Å². The second-order valence-electron chi connectivity index (χ2n) is 5.97. The summed E-state index contributed by atoms with van der Waals surface area (Å²) in [6, 6.07) is 5.13. The largest absolute Gasteiger partial charge is 0.412 e. The van der Waals surface area contributed by atoms with E-state index in [4.69, 9.17) is 5.73 Å². The number of H-pyrrole nitrogens is 1. The number of benzene rings is 1. The normalized spacial score (nSPS) is 16.3. The number of hydrogen-bond donors (Lipinski definition) is 4. The van der Waals surface area contributed by atoms with Crippen LogP contribution in [-0.2, 0) is 5.54 Å². The number of rotatable bonds is 1. The third-order valence-electron chi connectivity index (χ3n) is 4.39. The maximum Gasteiger partial charge on any atom is 0.318 e. The van der Waals surface area contributed by atoms with Gasteiger partial charge in [-0.3, -0.25) is 9.20 Å². The molecule has 1 atom stereocenters. The Hall–Kier alpha value is -2.59. The highest BCUT2D eigenvalue weighted by atomic mass is 35.5. The van der Waals surface area contributed by atoms with Crippen molar-refractivity contribution < 1.29 is 10.3 Å². The second kappa shape index (κ2) is 7.57. The first-order chi connectivity index (χ1) is 11.4. The van der Waals surface area contributed by atoms with Gasteiger partial charge in [0.1, 0.15) is 0 Å². The van der Waals surface area contributed by atoms with E-state index >= 15 is 0 Å². The average molecular weight is 415 g/mol. The SMILES string of the molecule is CNC(=O)Nc1ccc2c(c1)C(C)(N)c1c-2[nH]c(=O)c2nccn12.Cl.Cl.O. The van der Waals surface area contributed by atoms with E-state index in [-0.39, 0.29) is 41.9 Å². The van der Waals surface area contributed by atoms with Gasteiger partial charge in [0.05, 0.1) is 16.9 Å². The molecule has 2 aromatic heterocycles. The summed E-state index contributed by atoms with van der Waals surface area (Å²) < 4.78 is 1.72. The van der Waals surface area contributed by atoms with Crippen molar-refractivity contribution in [3.63, 3.8) is 0 Å². The lowest BCUT2D eigenvalue weighted by Gasteiger charge is -2.22. The Kier molecular flexibility index (Phi) is 6.29. The van der Waals surface area contributed by atoms with Crippen molar-refractivity contribution in [1.29, 1.82) is 0 Å². The molecule has 0 spiro atoms. The number of aromatic nitrogens is 3. The fourth-order valence-corrected chi connectivity index (χ4v) is 3.30. The molecular formula is C16H20Cl2N6O3. The number of aromatic amines is 1. The number of anilines is 1. The molecule has 3 aromatic rings. The van der Waals surface area contributed by atoms with Crippen LogP contribution in [0, 0.1) is 0 Å². The van der Waals surface area contributed by atoms with Gasteiger partial charge in [-0.05, 0) is 24.6 Å². The van der Waals surface area contributed by atoms with Gasteiger partial charge in [0.25, 0.3) is 5.56 Å². The molecule has 146 valence electrons. The van der Waals surface area contributed by atoms with Crippen molar-refractivity contribution in [1.82, 2.24) is 19.7 Å². The van der Waals surface area contributed by atoms with E-state index in [0.29, 0.717) is 17.0 Å². The Morgan fingerprint density at radius 3 is 2.70 bits per heavy atom. The summed E-state index contributed by atoms with van der Waals surface area (Å²) >= 11 is 0. The zero-order valence-electron chi connectivity index (χ0n) is 14.5. The molecule has 1 aromatic carbocycles. The maximum absolute atomic E-state index is 12.2. The van der Waals surface area contributed by atoms with Crippen LogP contribution >= 0.6 is 24.8 Å². The number of urea groups is 1. The van der Waals surface area contributed by atoms with Crippen LogP contribution in [0.5, 0.6) is 0 Å². The van der Waals surface area contributed by atoms with Crippen LogP contribution in [0.3, 0.4) is 0 Å². The lowest BCUT2D eigenvalue weighted by atomic mass is 9.93. The summed E-state index contributed by atoms with van der Waals surface area (Å²) in [5.74, 6) is 0. The summed E-state index contributed by atoms with van der Waals surface area (Å²) in [4.78, 5) is 30.7. The highest BCUT2D eigenvalue weighted by Gasteiger charge is 2.39. The molecule has 11 heteroatoms. The van der Waals surface area contributed by atoms with E-state index in [0.717, 1.165) is 16.8 Å². The third-order valence-corrected chi connectivity index (χ3v) is 4.39. The van der Waals surface area contributed by atoms with Gasteiger partial charge in [-0.2, -0.15) is 0 Å². The molecule has 0 radical (unpaired) electrons. The van der Waals surface area contributed by atoms with Crippen molar-refractivity contribution >= 4 is 42.2 Å². The van der Waals surface area contributed by atoms with Gasteiger partial charge in [-0.25, -0.2) is 9.78 Å². The Bertz CT molecular complexity index is 1060. The van der Waals surface area contributed by atoms with Crippen LogP contribution in [0.1, 0.15) is 18.2 Å². The van der Waals surface area contributed by atoms with Gasteiger partial charge in [0.2, 0.25) is 5.65 Å². The molecule has 1 unspecified atom stereocenters. The van der Waals surface area contributed by atoms with E-state index in [1.165, 1.54) is 0 Å². The standard InChI is InChI=1S/C16H16N6O2.2ClH.H2O/c1-16(17)10-7-8(20-15(24)18-2)3-4-9(10)11-12(16)22-6-5-19-13(22)14(23)21-11;;;/h3-7H,17H2,1-2H3,(H,21,23)(H2,18,20,24);2*1H;1H2. The van der Waals surface area contributed by atoms with Gasteiger partial charge in [0.15, 0.2) is 0 Å². The zero-order valence-corrected chi connectivity index (χ0v) is 16.1. The fourth-order valence-electron chi connectivity index (χ4n) is 3.30. The highest BCUT2D eigenvalue weighted by Crippen LogP contribution is 2.45. The molecule has 9 nitrogen and oxygen atoms in total. The third kappa shape index (κ3) is 3.15. The Morgan fingerprint density at radius 2 is 2.04 bits per heavy atom. The lowest BCUT2D eigenvalue weighted by molar-refractivity contribution is 0.254. The van der Waals surface area contributed by atoms with Crippen molar-refractivity contribution in [2.24, 2.45) is 5.73 Å². The number of nitrogens with two attached hydrogens (primary N) is 1. The molecule has 1 aliphatic rings. The number of halogens is 2. The Morgan fingerprint density at radius 1 is 1.33 bits per heavy atom. The summed E-state index contributed by atoms with van der Waals surface area (Å²) in [6.07, 6.45) is 3.30. The number of fused-ring (bicyclic) bond motifs is 5. The van der Waals surface area contributed by atoms with Crippen molar-refractivity contribution in [3.8, 4) is 11.3 Å². The monoisotopic (exact) mass is 414 g/mol. The van der Waals surface area contributed by atoms with Gasteiger partial charge >= 0.3 is 6.03 Å². The molecule has 0 saturated heterocycles. The number of hydrogen-bond acceptors (Lipinski definition) is 4. The second-order valence-corrected chi connectivity index (χ2v) is 5.97. The molecule has 0 fully saturated rings. The van der Waals surface area contributed by atoms with Gasteiger partial charge in [0, 0.05) is 30.7 Å². The van der Waals surface area contributed by atoms with Gasteiger partial charge < -0.3 is 26.8 Å². The van der Waals surface area contributed by atoms with Crippen LogP contribution in [-0.4, -0.2) is 32.9 Å². The molecule has 27 heavy (non-hydrogen) atoms. The molecule has 2 amide bonds. The zero-order chi connectivity index (χ0) is 17.1. The summed E-state index contributed by atoms with van der Waals surface area (Å²) in [7, 11) is 1.55. The Labute approximate surface area is 166 Å². The minimum Gasteiger partial charge on any atom is -0.412 e. The molecule has 0 aliphatic heterocycles. The number of nitrogens with zero attached hydrogens (tertiary/aromatic N) is 2. The van der Waals surface area contributed by atoms with Crippen LogP contribution < -0.4 is 21.9 Å². The molecule has 0 bridgehead atoms. The van der Waals surface area contributed by atoms with E-state index in [9.17, 15) is 9.59 Å². The number of nitrogens with one attached hydrogen (secondary N) is 3. The molecular weight excluding hydrogens is 395 g/mol. The minimum atomic E-state index is -0.839. The average Bonchev–Trinajstić information content (AvgIpc) is 3.10. The molecule has 1 aliphatic carbocycles. The minimum absolute atomic E-state index is 0. The molecule has 2 heterocycles. The molecule has 7 N–H and O–H groups in total. The highest BCUT2D eigenvalue weighted by molar-refractivity contribution is 5.90. The van der Waals surface area contributed by atoms with Crippen LogP contribution in [0.4, 0.5) is 10.5 Å². The molecule has 4 rings (SSSR count). The van der Waals surface area contributed by atoms with E-state index in [1.54, 1.807) is 29.9 Å². The topological polar surface area (TPSA) is 149 Å². The summed E-state index contributed by atoms with van der Waals surface area (Å²) in [6.45, 7) is 1.87. The van der Waals surface area contributed by atoms with Crippen LogP contribution in [0.25, 0.3) is 16.9 Å². The predicted molar refractivity (Wildman–Crippen MR) is 108 cm³/mol. The predicted octanol–water partition coefficient (Wildman–Crippen LogP) is 0.995. The first kappa shape index (κ1) is 22.5. The Balaban J connectivity index is 0.00000121. The fraction of sp³-hybridized carbons (Fsp3) is 0.188. The smallest absolute Gasteiger partial charge is 0.318 e. The number of amides is 2. The van der Waals surface area contributed by atoms with E-state index in [2.05, 4.69) is 20.6 Å². The van der Waals surface area contributed by atoms with Crippen LogP contribution in [0.15, 0.2) is 35.4 Å². The number of imidazole rings is 1. The van der Waals surface area contributed by atoms with Gasteiger partial charge in [-0.1, -0.05) is 6.07 Å². The van der Waals surface area contributed by atoms with Crippen molar-refractivity contribution in [2.45, 2.75) is 12.5 Å². The van der Waals surface area contributed by atoms with Crippen molar-refractivity contribution in [2.75, 3.05) is 12.4 Å². The van der Waals surface area contributed by atoms with Crippen molar-refractivity contribution in [3.05, 3.63) is 52.2 Å². The summed E-state index contributed by atoms with van der Waals surface area (Å²) in [5, 5.41) is 5.24. The van der Waals surface area contributed by atoms with Gasteiger partial charge in [-0.15, -0.1) is 24.8 Å².